The molecular weight excluding hydrogens is 252 g/mol. The minimum absolute atomic E-state index is 0.468. The molecule has 0 saturated heterocycles. The van der Waals surface area contributed by atoms with Crippen LogP contribution in [0.2, 0.25) is 0 Å². The van der Waals surface area contributed by atoms with Gasteiger partial charge in [-0.1, -0.05) is 37.8 Å². The van der Waals surface area contributed by atoms with Crippen LogP contribution in [0.25, 0.3) is 10.2 Å². The molecule has 1 fully saturated rings. The SMILES string of the molecule is NCC(c1nc2ccccc2s1)C1CCCCCC1. The molecule has 1 aromatic heterocycles. The van der Waals surface area contributed by atoms with E-state index in [9.17, 15) is 0 Å². The first-order chi connectivity index (χ1) is 9.38. The van der Waals surface area contributed by atoms with E-state index in [1.165, 1.54) is 48.2 Å². The van der Waals surface area contributed by atoms with Gasteiger partial charge >= 0.3 is 0 Å². The molecule has 1 saturated carbocycles. The maximum Gasteiger partial charge on any atom is 0.0984 e. The van der Waals surface area contributed by atoms with Gasteiger partial charge in [0.2, 0.25) is 0 Å². The monoisotopic (exact) mass is 274 g/mol. The Hall–Kier alpha value is -0.930. The number of nitrogens with zero attached hydrogens (tertiary/aromatic N) is 1. The molecule has 0 spiro atoms. The molecule has 0 radical (unpaired) electrons. The Morgan fingerprint density at radius 3 is 2.58 bits per heavy atom. The second-order valence-electron chi connectivity index (χ2n) is 5.61. The second kappa shape index (κ2) is 6.02. The van der Waals surface area contributed by atoms with Crippen LogP contribution >= 0.6 is 11.3 Å². The number of benzene rings is 1. The summed E-state index contributed by atoms with van der Waals surface area (Å²) in [5.41, 5.74) is 7.21. The van der Waals surface area contributed by atoms with Gasteiger partial charge in [0.15, 0.2) is 0 Å². The molecule has 0 amide bonds. The molecule has 3 heteroatoms. The Morgan fingerprint density at radius 1 is 1.16 bits per heavy atom. The van der Waals surface area contributed by atoms with Crippen LogP contribution in [0.15, 0.2) is 24.3 Å². The van der Waals surface area contributed by atoms with Crippen LogP contribution in [0.1, 0.15) is 49.5 Å². The molecule has 3 rings (SSSR count). The van der Waals surface area contributed by atoms with E-state index in [0.717, 1.165) is 18.0 Å². The van der Waals surface area contributed by atoms with Crippen molar-refractivity contribution in [3.63, 3.8) is 0 Å². The molecule has 1 aliphatic rings. The minimum atomic E-state index is 0.468. The number of rotatable bonds is 3. The number of hydrogen-bond donors (Lipinski definition) is 1. The lowest BCUT2D eigenvalue weighted by Gasteiger charge is -2.22. The zero-order chi connectivity index (χ0) is 13.1. The largest absolute Gasteiger partial charge is 0.330 e. The van der Waals surface area contributed by atoms with Crippen LogP contribution < -0.4 is 5.73 Å². The topological polar surface area (TPSA) is 38.9 Å². The molecule has 2 nitrogen and oxygen atoms in total. The normalized spacial score (nSPS) is 19.4. The highest BCUT2D eigenvalue weighted by molar-refractivity contribution is 7.18. The minimum Gasteiger partial charge on any atom is -0.330 e. The zero-order valence-corrected chi connectivity index (χ0v) is 12.2. The van der Waals surface area contributed by atoms with Gasteiger partial charge in [-0.15, -0.1) is 11.3 Å². The number of hydrogen-bond acceptors (Lipinski definition) is 3. The van der Waals surface area contributed by atoms with E-state index in [4.69, 9.17) is 10.7 Å². The molecule has 2 aromatic rings. The van der Waals surface area contributed by atoms with Crippen LogP contribution in [0.3, 0.4) is 0 Å². The highest BCUT2D eigenvalue weighted by Gasteiger charge is 2.25. The van der Waals surface area contributed by atoms with Crippen molar-refractivity contribution in [1.82, 2.24) is 4.98 Å². The Labute approximate surface area is 119 Å². The van der Waals surface area contributed by atoms with Crippen molar-refractivity contribution in [3.05, 3.63) is 29.3 Å². The van der Waals surface area contributed by atoms with Crippen LogP contribution in [0, 0.1) is 5.92 Å². The van der Waals surface area contributed by atoms with Gasteiger partial charge in [-0.3, -0.25) is 0 Å². The third-order valence-corrected chi connectivity index (χ3v) is 5.52. The van der Waals surface area contributed by atoms with E-state index in [0.29, 0.717) is 5.92 Å². The summed E-state index contributed by atoms with van der Waals surface area (Å²) in [6, 6.07) is 8.43. The summed E-state index contributed by atoms with van der Waals surface area (Å²) in [6.07, 6.45) is 8.19. The van der Waals surface area contributed by atoms with Crippen molar-refractivity contribution >= 4 is 21.6 Å². The number of aromatic nitrogens is 1. The molecule has 19 heavy (non-hydrogen) atoms. The predicted molar refractivity (Wildman–Crippen MR) is 82.6 cm³/mol. The van der Waals surface area contributed by atoms with Crippen LogP contribution in [-0.4, -0.2) is 11.5 Å². The molecule has 1 atom stereocenters. The fraction of sp³-hybridized carbons (Fsp3) is 0.562. The molecule has 1 unspecified atom stereocenters. The van der Waals surface area contributed by atoms with Crippen molar-refractivity contribution in [1.29, 1.82) is 0 Å². The van der Waals surface area contributed by atoms with Gasteiger partial charge in [-0.05, 0) is 30.9 Å². The van der Waals surface area contributed by atoms with E-state index in [2.05, 4.69) is 24.3 Å². The fourth-order valence-electron chi connectivity index (χ4n) is 3.26. The molecule has 102 valence electrons. The van der Waals surface area contributed by atoms with Crippen molar-refractivity contribution in [2.24, 2.45) is 11.7 Å². The summed E-state index contributed by atoms with van der Waals surface area (Å²) in [5.74, 6) is 1.21. The van der Waals surface area contributed by atoms with Gasteiger partial charge < -0.3 is 5.73 Å². The van der Waals surface area contributed by atoms with Gasteiger partial charge in [-0.2, -0.15) is 0 Å². The summed E-state index contributed by atoms with van der Waals surface area (Å²) < 4.78 is 1.30. The molecule has 1 aliphatic carbocycles. The zero-order valence-electron chi connectivity index (χ0n) is 11.3. The number of thiazole rings is 1. The van der Waals surface area contributed by atoms with Gasteiger partial charge in [0, 0.05) is 12.5 Å². The first-order valence-corrected chi connectivity index (χ1v) is 8.25. The number of nitrogens with two attached hydrogens (primary N) is 1. The van der Waals surface area contributed by atoms with Crippen LogP contribution in [0.5, 0.6) is 0 Å². The number of fused-ring (bicyclic) bond motifs is 1. The highest BCUT2D eigenvalue weighted by Crippen LogP contribution is 2.37. The predicted octanol–water partition coefficient (Wildman–Crippen LogP) is 4.31. The Bertz CT molecular complexity index is 493. The second-order valence-corrected chi connectivity index (χ2v) is 6.68. The smallest absolute Gasteiger partial charge is 0.0984 e. The lowest BCUT2D eigenvalue weighted by atomic mass is 9.86. The maximum absolute atomic E-state index is 6.08. The number of para-hydroxylation sites is 1. The lowest BCUT2D eigenvalue weighted by Crippen LogP contribution is -2.21. The van der Waals surface area contributed by atoms with E-state index in [1.807, 2.05) is 11.3 Å². The summed E-state index contributed by atoms with van der Waals surface area (Å²) in [4.78, 5) is 4.83. The summed E-state index contributed by atoms with van der Waals surface area (Å²) >= 11 is 1.84. The van der Waals surface area contributed by atoms with Crippen molar-refractivity contribution in [2.45, 2.75) is 44.4 Å². The van der Waals surface area contributed by atoms with Crippen LogP contribution in [0.4, 0.5) is 0 Å². The quantitative estimate of drug-likeness (QED) is 0.847. The first kappa shape index (κ1) is 13.1. The fourth-order valence-corrected chi connectivity index (χ4v) is 4.43. The molecular formula is C16H22N2S. The molecule has 0 aliphatic heterocycles. The van der Waals surface area contributed by atoms with Gasteiger partial charge in [0.25, 0.3) is 0 Å². The molecule has 1 aromatic carbocycles. The summed E-state index contributed by atoms with van der Waals surface area (Å²) in [5, 5.41) is 1.26. The average Bonchev–Trinajstić information content (AvgIpc) is 2.67. The van der Waals surface area contributed by atoms with Gasteiger partial charge in [0.1, 0.15) is 0 Å². The standard InChI is InChI=1S/C16H22N2S/c17-11-13(12-7-3-1-2-4-8-12)16-18-14-9-5-6-10-15(14)19-16/h5-6,9-10,12-13H,1-4,7-8,11,17H2. The van der Waals surface area contributed by atoms with Crippen LogP contribution in [-0.2, 0) is 0 Å². The Morgan fingerprint density at radius 2 is 1.89 bits per heavy atom. The van der Waals surface area contributed by atoms with Crippen molar-refractivity contribution in [3.8, 4) is 0 Å². The molecule has 1 heterocycles. The first-order valence-electron chi connectivity index (χ1n) is 7.44. The van der Waals surface area contributed by atoms with E-state index < -0.39 is 0 Å². The average molecular weight is 274 g/mol. The summed E-state index contributed by atoms with van der Waals surface area (Å²) in [6.45, 7) is 0.741. The van der Waals surface area contributed by atoms with Gasteiger partial charge in [-0.25, -0.2) is 4.98 Å². The summed E-state index contributed by atoms with van der Waals surface area (Å²) in [7, 11) is 0. The Balaban J connectivity index is 1.87. The lowest BCUT2D eigenvalue weighted by molar-refractivity contribution is 0.379. The molecule has 0 bridgehead atoms. The molecule has 2 N–H and O–H groups in total. The third kappa shape index (κ3) is 2.82. The van der Waals surface area contributed by atoms with Crippen molar-refractivity contribution in [2.75, 3.05) is 6.54 Å². The van der Waals surface area contributed by atoms with E-state index >= 15 is 0 Å². The third-order valence-electron chi connectivity index (χ3n) is 4.35. The highest BCUT2D eigenvalue weighted by atomic mass is 32.1. The Kier molecular flexibility index (Phi) is 4.14. The van der Waals surface area contributed by atoms with Crippen molar-refractivity contribution < 1.29 is 0 Å². The van der Waals surface area contributed by atoms with E-state index in [-0.39, 0.29) is 0 Å². The maximum atomic E-state index is 6.08. The van der Waals surface area contributed by atoms with E-state index in [1.54, 1.807) is 0 Å². The van der Waals surface area contributed by atoms with Gasteiger partial charge in [0.05, 0.1) is 15.2 Å².